The van der Waals surface area contributed by atoms with Crippen molar-refractivity contribution < 1.29 is 9.53 Å². The summed E-state index contributed by atoms with van der Waals surface area (Å²) in [6, 6.07) is 17.8. The van der Waals surface area contributed by atoms with Crippen molar-refractivity contribution in [1.29, 1.82) is 0 Å². The fourth-order valence-corrected chi connectivity index (χ4v) is 3.65. The molecule has 0 saturated heterocycles. The molecule has 3 N–H and O–H groups in total. The van der Waals surface area contributed by atoms with Crippen molar-refractivity contribution >= 4 is 17.7 Å². The molecule has 0 spiro atoms. The molecule has 1 amide bonds. The van der Waals surface area contributed by atoms with Gasteiger partial charge in [0.1, 0.15) is 5.75 Å². The summed E-state index contributed by atoms with van der Waals surface area (Å²) in [5.41, 5.74) is 2.10. The fraction of sp³-hybridized carbons (Fsp3) is 0.318. The summed E-state index contributed by atoms with van der Waals surface area (Å²) in [5, 5.41) is 11.8. The summed E-state index contributed by atoms with van der Waals surface area (Å²) in [5.74, 6) is 7.65. The lowest BCUT2D eigenvalue weighted by Gasteiger charge is -2.13. The highest BCUT2D eigenvalue weighted by Crippen LogP contribution is 2.23. The number of aryl methyl sites for hydroxylation is 1. The molecule has 0 saturated carbocycles. The van der Waals surface area contributed by atoms with Crippen molar-refractivity contribution in [3.63, 3.8) is 0 Å². The van der Waals surface area contributed by atoms with Gasteiger partial charge in [0.25, 0.3) is 0 Å². The molecule has 0 radical (unpaired) electrons. The van der Waals surface area contributed by atoms with Gasteiger partial charge in [-0.1, -0.05) is 42.1 Å². The highest BCUT2D eigenvalue weighted by Gasteiger charge is 2.15. The minimum absolute atomic E-state index is 0.0498. The Morgan fingerprint density at radius 1 is 1.17 bits per heavy atom. The Morgan fingerprint density at radius 2 is 1.90 bits per heavy atom. The number of thioether (sulfide) groups is 1. The van der Waals surface area contributed by atoms with E-state index in [2.05, 4.69) is 27.6 Å². The maximum atomic E-state index is 12.3. The number of nitrogens with two attached hydrogens (primary N) is 1. The summed E-state index contributed by atoms with van der Waals surface area (Å²) in [6.07, 6.45) is 1.81. The maximum Gasteiger partial charge on any atom is 0.230 e. The Balaban J connectivity index is 1.49. The Labute approximate surface area is 181 Å². The second-order valence-electron chi connectivity index (χ2n) is 6.92. The van der Waals surface area contributed by atoms with Crippen molar-refractivity contribution in [1.82, 2.24) is 20.2 Å². The zero-order chi connectivity index (χ0) is 21.3. The lowest BCUT2D eigenvalue weighted by Crippen LogP contribution is -2.34. The van der Waals surface area contributed by atoms with E-state index in [9.17, 15) is 4.79 Å². The molecular formula is C22H27N5O2S. The largest absolute Gasteiger partial charge is 0.494 e. The highest BCUT2D eigenvalue weighted by atomic mass is 32.2. The molecule has 3 rings (SSSR count). The molecule has 0 aliphatic heterocycles. The molecule has 0 fully saturated rings. The van der Waals surface area contributed by atoms with E-state index in [1.165, 1.54) is 22.0 Å². The third-order valence-corrected chi connectivity index (χ3v) is 5.48. The molecule has 1 atom stereocenters. The zero-order valence-corrected chi connectivity index (χ0v) is 18.1. The molecular weight excluding hydrogens is 398 g/mol. The number of amides is 1. The SMILES string of the molecule is CCOc1ccc(-c2nnc(SCC(=O)N[C@H](C)CCc3ccccc3)n2N)cc1. The van der Waals surface area contributed by atoms with Gasteiger partial charge in [-0.2, -0.15) is 0 Å². The minimum Gasteiger partial charge on any atom is -0.494 e. The van der Waals surface area contributed by atoms with Gasteiger partial charge in [-0.05, 0) is 56.5 Å². The van der Waals surface area contributed by atoms with Crippen LogP contribution in [0.4, 0.5) is 0 Å². The number of ether oxygens (including phenoxy) is 1. The predicted molar refractivity (Wildman–Crippen MR) is 120 cm³/mol. The van der Waals surface area contributed by atoms with Crippen LogP contribution in [0.2, 0.25) is 0 Å². The van der Waals surface area contributed by atoms with Crippen LogP contribution in [0.5, 0.6) is 5.75 Å². The van der Waals surface area contributed by atoms with Crippen LogP contribution in [-0.4, -0.2) is 39.2 Å². The normalized spacial score (nSPS) is 11.8. The number of nitrogens with zero attached hydrogens (tertiary/aromatic N) is 3. The number of nitrogen functional groups attached to an aromatic ring is 1. The third kappa shape index (κ3) is 6.00. The number of carbonyl (C=O) groups is 1. The molecule has 0 unspecified atom stereocenters. The molecule has 30 heavy (non-hydrogen) atoms. The van der Waals surface area contributed by atoms with Gasteiger partial charge in [-0.3, -0.25) is 4.79 Å². The predicted octanol–water partition coefficient (Wildman–Crippen LogP) is 3.29. The van der Waals surface area contributed by atoms with Crippen molar-refractivity contribution in [3.8, 4) is 17.1 Å². The van der Waals surface area contributed by atoms with E-state index in [4.69, 9.17) is 10.6 Å². The van der Waals surface area contributed by atoms with Crippen LogP contribution in [0.15, 0.2) is 59.8 Å². The Bertz CT molecular complexity index is 944. The molecule has 3 aromatic rings. The van der Waals surface area contributed by atoms with Crippen molar-refractivity contribution in [2.75, 3.05) is 18.2 Å². The average molecular weight is 426 g/mol. The van der Waals surface area contributed by atoms with Crippen LogP contribution in [0.25, 0.3) is 11.4 Å². The smallest absolute Gasteiger partial charge is 0.230 e. The van der Waals surface area contributed by atoms with E-state index < -0.39 is 0 Å². The van der Waals surface area contributed by atoms with Crippen LogP contribution >= 0.6 is 11.8 Å². The number of rotatable bonds is 10. The molecule has 2 aromatic carbocycles. The first-order valence-corrected chi connectivity index (χ1v) is 10.9. The van der Waals surface area contributed by atoms with Crippen LogP contribution in [-0.2, 0) is 11.2 Å². The van der Waals surface area contributed by atoms with Crippen molar-refractivity contribution in [2.24, 2.45) is 0 Å². The van der Waals surface area contributed by atoms with Gasteiger partial charge in [0, 0.05) is 11.6 Å². The van der Waals surface area contributed by atoms with E-state index in [1.807, 2.05) is 56.3 Å². The highest BCUT2D eigenvalue weighted by molar-refractivity contribution is 7.99. The summed E-state index contributed by atoms with van der Waals surface area (Å²) in [7, 11) is 0. The summed E-state index contributed by atoms with van der Waals surface area (Å²) in [6.45, 7) is 4.56. The molecule has 0 aliphatic carbocycles. The minimum atomic E-state index is -0.0498. The number of carbonyl (C=O) groups excluding carboxylic acids is 1. The van der Waals surface area contributed by atoms with E-state index in [0.717, 1.165) is 24.2 Å². The Kier molecular flexibility index (Phi) is 7.73. The average Bonchev–Trinajstić information content (AvgIpc) is 3.13. The Hall–Kier alpha value is -3.00. The van der Waals surface area contributed by atoms with Crippen LogP contribution in [0, 0.1) is 0 Å². The maximum absolute atomic E-state index is 12.3. The van der Waals surface area contributed by atoms with Crippen molar-refractivity contribution in [2.45, 2.75) is 37.9 Å². The monoisotopic (exact) mass is 425 g/mol. The van der Waals surface area contributed by atoms with Crippen LogP contribution in [0.1, 0.15) is 25.8 Å². The van der Waals surface area contributed by atoms with Crippen molar-refractivity contribution in [3.05, 3.63) is 60.2 Å². The number of aromatic nitrogens is 3. The van der Waals surface area contributed by atoms with Gasteiger partial charge in [0.05, 0.1) is 12.4 Å². The molecule has 0 bridgehead atoms. The summed E-state index contributed by atoms with van der Waals surface area (Å²) < 4.78 is 6.86. The van der Waals surface area contributed by atoms with Gasteiger partial charge in [-0.15, -0.1) is 10.2 Å². The van der Waals surface area contributed by atoms with E-state index >= 15 is 0 Å². The molecule has 7 nitrogen and oxygen atoms in total. The van der Waals surface area contributed by atoms with Gasteiger partial charge in [0.15, 0.2) is 5.82 Å². The zero-order valence-electron chi connectivity index (χ0n) is 17.2. The summed E-state index contributed by atoms with van der Waals surface area (Å²) >= 11 is 1.27. The molecule has 1 aromatic heterocycles. The van der Waals surface area contributed by atoms with Crippen LogP contribution in [0.3, 0.4) is 0 Å². The topological polar surface area (TPSA) is 95.1 Å². The third-order valence-electron chi connectivity index (χ3n) is 4.54. The first-order valence-electron chi connectivity index (χ1n) is 9.96. The van der Waals surface area contributed by atoms with Gasteiger partial charge >= 0.3 is 0 Å². The van der Waals surface area contributed by atoms with E-state index in [-0.39, 0.29) is 17.7 Å². The first kappa shape index (κ1) is 21.7. The molecule has 8 heteroatoms. The summed E-state index contributed by atoms with van der Waals surface area (Å²) in [4.78, 5) is 12.3. The lowest BCUT2D eigenvalue weighted by molar-refractivity contribution is -0.119. The number of hydrogen-bond donors (Lipinski definition) is 2. The second-order valence-corrected chi connectivity index (χ2v) is 7.86. The number of nitrogens with one attached hydrogen (secondary N) is 1. The lowest BCUT2D eigenvalue weighted by atomic mass is 10.1. The standard InChI is InChI=1S/C22H27N5O2S/c1-3-29-19-13-11-18(12-14-19)21-25-26-22(27(21)23)30-15-20(28)24-16(2)9-10-17-7-5-4-6-8-17/h4-8,11-14,16H,3,9-10,15,23H2,1-2H3,(H,24,28)/t16-/m1/s1. The first-order chi connectivity index (χ1) is 14.6. The van der Waals surface area contributed by atoms with Gasteiger partial charge in [-0.25, -0.2) is 4.68 Å². The molecule has 0 aliphatic rings. The molecule has 158 valence electrons. The Morgan fingerprint density at radius 3 is 2.60 bits per heavy atom. The van der Waals surface area contributed by atoms with E-state index in [0.29, 0.717) is 17.6 Å². The molecule has 1 heterocycles. The number of hydrogen-bond acceptors (Lipinski definition) is 6. The van der Waals surface area contributed by atoms with Gasteiger partial charge < -0.3 is 15.9 Å². The fourth-order valence-electron chi connectivity index (χ4n) is 2.99. The second kappa shape index (κ2) is 10.7. The van der Waals surface area contributed by atoms with E-state index in [1.54, 1.807) is 0 Å². The van der Waals surface area contributed by atoms with Crippen LogP contribution < -0.4 is 15.9 Å². The number of benzene rings is 2. The van der Waals surface area contributed by atoms with Gasteiger partial charge in [0.2, 0.25) is 11.1 Å². The quantitative estimate of drug-likeness (QED) is 0.382.